The number of benzene rings is 1. The number of likely N-dealkylation sites (tertiary alicyclic amines) is 1. The largest absolute Gasteiger partial charge is 0.371 e. The Morgan fingerprint density at radius 3 is 2.46 bits per heavy atom. The Kier molecular flexibility index (Phi) is 6.27. The number of hydrogen-bond acceptors (Lipinski definition) is 4. The number of carbonyl (C=O) groups is 2. The highest BCUT2D eigenvalue weighted by molar-refractivity contribution is 5.79. The van der Waals surface area contributed by atoms with Crippen LogP contribution in [0.3, 0.4) is 0 Å². The molecule has 3 rings (SSSR count). The maximum absolute atomic E-state index is 12.7. The fourth-order valence-electron chi connectivity index (χ4n) is 3.82. The molecule has 2 N–H and O–H groups in total. The van der Waals surface area contributed by atoms with Gasteiger partial charge in [0.15, 0.2) is 0 Å². The summed E-state index contributed by atoms with van der Waals surface area (Å²) in [7, 11) is 0. The number of piperidine rings is 1. The van der Waals surface area contributed by atoms with Crippen molar-refractivity contribution < 1.29 is 14.3 Å². The van der Waals surface area contributed by atoms with Crippen LogP contribution in [0.1, 0.15) is 31.2 Å². The molecule has 2 aliphatic rings. The normalized spacial score (nSPS) is 19.6. The Balaban J connectivity index is 1.53. The van der Waals surface area contributed by atoms with Crippen LogP contribution in [0.4, 0.5) is 0 Å². The second kappa shape index (κ2) is 8.64. The minimum atomic E-state index is -0.296. The van der Waals surface area contributed by atoms with E-state index < -0.39 is 0 Å². The first-order valence-corrected chi connectivity index (χ1v) is 9.55. The smallest absolute Gasteiger partial charge is 0.227 e. The van der Waals surface area contributed by atoms with Gasteiger partial charge in [-0.2, -0.15) is 0 Å². The summed E-state index contributed by atoms with van der Waals surface area (Å²) in [5.41, 5.74) is 6.23. The van der Waals surface area contributed by atoms with Crippen molar-refractivity contribution in [3.05, 3.63) is 35.9 Å². The summed E-state index contributed by atoms with van der Waals surface area (Å²) in [6.45, 7) is 3.79. The van der Waals surface area contributed by atoms with Crippen LogP contribution in [0.15, 0.2) is 30.3 Å². The molecule has 0 unspecified atom stereocenters. The average molecular weight is 359 g/mol. The van der Waals surface area contributed by atoms with Crippen LogP contribution in [0.5, 0.6) is 0 Å². The Morgan fingerprint density at radius 2 is 1.77 bits per heavy atom. The Bertz CT molecular complexity index is 612. The van der Waals surface area contributed by atoms with Gasteiger partial charge in [-0.3, -0.25) is 9.59 Å². The quantitative estimate of drug-likeness (QED) is 0.857. The van der Waals surface area contributed by atoms with Crippen molar-refractivity contribution in [2.75, 3.05) is 39.3 Å². The topological polar surface area (TPSA) is 75.9 Å². The number of hydrogen-bond donors (Lipinski definition) is 1. The van der Waals surface area contributed by atoms with Gasteiger partial charge in [0.25, 0.3) is 0 Å². The molecule has 0 bridgehead atoms. The summed E-state index contributed by atoms with van der Waals surface area (Å²) in [6.07, 6.45) is 3.26. The number of rotatable bonds is 5. The first-order chi connectivity index (χ1) is 12.6. The second-order valence-corrected chi connectivity index (χ2v) is 7.28. The molecule has 0 aliphatic carbocycles. The number of carbonyl (C=O) groups excluding carboxylic acids is 2. The van der Waals surface area contributed by atoms with Crippen LogP contribution in [-0.2, 0) is 20.7 Å². The molecule has 1 spiro atoms. The number of nitrogens with two attached hydrogens (primary N) is 1. The SMILES string of the molecule is NCCCC(=O)N1CCC2(CC1)CN(C(=O)Cc1ccccc1)CCO2. The summed E-state index contributed by atoms with van der Waals surface area (Å²) in [6, 6.07) is 9.85. The Hall–Kier alpha value is -1.92. The third kappa shape index (κ3) is 4.62. The maximum Gasteiger partial charge on any atom is 0.227 e. The van der Waals surface area contributed by atoms with Gasteiger partial charge in [0.05, 0.1) is 18.6 Å². The predicted octanol–water partition coefficient (Wildman–Crippen LogP) is 1.19. The summed E-state index contributed by atoms with van der Waals surface area (Å²) < 4.78 is 6.09. The van der Waals surface area contributed by atoms with E-state index in [0.29, 0.717) is 52.2 Å². The van der Waals surface area contributed by atoms with Crippen LogP contribution >= 0.6 is 0 Å². The van der Waals surface area contributed by atoms with Gasteiger partial charge in [-0.15, -0.1) is 0 Å². The fourth-order valence-corrected chi connectivity index (χ4v) is 3.82. The van der Waals surface area contributed by atoms with Gasteiger partial charge in [-0.05, 0) is 31.4 Å². The minimum Gasteiger partial charge on any atom is -0.371 e. The zero-order valence-electron chi connectivity index (χ0n) is 15.4. The van der Waals surface area contributed by atoms with Gasteiger partial charge in [-0.1, -0.05) is 30.3 Å². The van der Waals surface area contributed by atoms with E-state index in [0.717, 1.165) is 24.8 Å². The van der Waals surface area contributed by atoms with E-state index in [9.17, 15) is 9.59 Å². The minimum absolute atomic E-state index is 0.153. The summed E-state index contributed by atoms with van der Waals surface area (Å²) in [5, 5.41) is 0. The molecule has 0 radical (unpaired) electrons. The summed E-state index contributed by atoms with van der Waals surface area (Å²) in [5.74, 6) is 0.332. The maximum atomic E-state index is 12.7. The van der Waals surface area contributed by atoms with Crippen molar-refractivity contribution in [2.24, 2.45) is 5.73 Å². The fraction of sp³-hybridized carbons (Fsp3) is 0.600. The van der Waals surface area contributed by atoms with Crippen LogP contribution in [0.25, 0.3) is 0 Å². The third-order valence-electron chi connectivity index (χ3n) is 5.42. The predicted molar refractivity (Wildman–Crippen MR) is 99.5 cm³/mol. The second-order valence-electron chi connectivity index (χ2n) is 7.28. The molecule has 0 aromatic heterocycles. The van der Waals surface area contributed by atoms with Gasteiger partial charge in [0.1, 0.15) is 0 Å². The highest BCUT2D eigenvalue weighted by Gasteiger charge is 2.41. The van der Waals surface area contributed by atoms with E-state index in [2.05, 4.69) is 0 Å². The van der Waals surface area contributed by atoms with Gasteiger partial charge in [0.2, 0.25) is 11.8 Å². The van der Waals surface area contributed by atoms with Crippen molar-refractivity contribution in [2.45, 2.75) is 37.7 Å². The van der Waals surface area contributed by atoms with Crippen molar-refractivity contribution in [3.8, 4) is 0 Å². The zero-order chi connectivity index (χ0) is 18.4. The molecule has 2 amide bonds. The average Bonchev–Trinajstić information content (AvgIpc) is 2.67. The Labute approximate surface area is 155 Å². The molecule has 1 aromatic rings. The van der Waals surface area contributed by atoms with Crippen molar-refractivity contribution in [1.82, 2.24) is 9.80 Å². The van der Waals surface area contributed by atoms with Crippen LogP contribution in [0.2, 0.25) is 0 Å². The lowest BCUT2D eigenvalue weighted by Crippen LogP contribution is -2.58. The van der Waals surface area contributed by atoms with Gasteiger partial charge < -0.3 is 20.3 Å². The zero-order valence-corrected chi connectivity index (χ0v) is 15.4. The van der Waals surface area contributed by atoms with Crippen molar-refractivity contribution in [1.29, 1.82) is 0 Å². The molecule has 26 heavy (non-hydrogen) atoms. The lowest BCUT2D eigenvalue weighted by molar-refractivity contribution is -0.162. The molecular weight excluding hydrogens is 330 g/mol. The first kappa shape index (κ1) is 18.9. The summed E-state index contributed by atoms with van der Waals surface area (Å²) >= 11 is 0. The van der Waals surface area contributed by atoms with E-state index >= 15 is 0 Å². The number of nitrogens with zero attached hydrogens (tertiary/aromatic N) is 2. The lowest BCUT2D eigenvalue weighted by atomic mass is 9.89. The standard InChI is InChI=1S/C20H29N3O3/c21-10-4-7-18(24)22-11-8-20(9-12-22)16-23(13-14-26-20)19(25)15-17-5-2-1-3-6-17/h1-3,5-6H,4,7-16,21H2. The van der Waals surface area contributed by atoms with E-state index in [1.54, 1.807) is 0 Å². The highest BCUT2D eigenvalue weighted by Crippen LogP contribution is 2.30. The first-order valence-electron chi connectivity index (χ1n) is 9.55. The van der Waals surface area contributed by atoms with Crippen LogP contribution in [-0.4, -0.2) is 66.5 Å². The van der Waals surface area contributed by atoms with E-state index in [1.165, 1.54) is 0 Å². The molecule has 2 heterocycles. The molecule has 142 valence electrons. The molecule has 2 fully saturated rings. The van der Waals surface area contributed by atoms with E-state index in [-0.39, 0.29) is 17.4 Å². The highest BCUT2D eigenvalue weighted by atomic mass is 16.5. The molecule has 2 aliphatic heterocycles. The molecule has 6 nitrogen and oxygen atoms in total. The molecule has 0 atom stereocenters. The monoisotopic (exact) mass is 359 g/mol. The molecule has 2 saturated heterocycles. The lowest BCUT2D eigenvalue weighted by Gasteiger charge is -2.47. The molecule has 1 aromatic carbocycles. The molecular formula is C20H29N3O3. The summed E-state index contributed by atoms with van der Waals surface area (Å²) in [4.78, 5) is 28.7. The van der Waals surface area contributed by atoms with Crippen LogP contribution < -0.4 is 5.73 Å². The Morgan fingerprint density at radius 1 is 1.04 bits per heavy atom. The van der Waals surface area contributed by atoms with Gasteiger partial charge in [0, 0.05) is 32.6 Å². The van der Waals surface area contributed by atoms with Crippen LogP contribution in [0, 0.1) is 0 Å². The van der Waals surface area contributed by atoms with Crippen molar-refractivity contribution >= 4 is 11.8 Å². The number of ether oxygens (including phenoxy) is 1. The number of morpholine rings is 1. The third-order valence-corrected chi connectivity index (χ3v) is 5.42. The van der Waals surface area contributed by atoms with Gasteiger partial charge in [-0.25, -0.2) is 0 Å². The molecule has 0 saturated carbocycles. The van der Waals surface area contributed by atoms with E-state index in [4.69, 9.17) is 10.5 Å². The van der Waals surface area contributed by atoms with Gasteiger partial charge >= 0.3 is 0 Å². The number of amides is 2. The molecule has 6 heteroatoms. The van der Waals surface area contributed by atoms with Crippen molar-refractivity contribution in [3.63, 3.8) is 0 Å². The van der Waals surface area contributed by atoms with E-state index in [1.807, 2.05) is 40.1 Å².